The van der Waals surface area contributed by atoms with Crippen LogP contribution in [0.5, 0.6) is 5.75 Å². The van der Waals surface area contributed by atoms with E-state index in [1.165, 1.54) is 6.07 Å². The summed E-state index contributed by atoms with van der Waals surface area (Å²) in [4.78, 5) is 21.8. The van der Waals surface area contributed by atoms with E-state index in [1.807, 2.05) is 0 Å². The van der Waals surface area contributed by atoms with Gasteiger partial charge in [0.15, 0.2) is 5.76 Å². The number of carbonyl (C=O) groups is 1. The fraction of sp³-hybridized carbons (Fsp3) is 0.0769. The third kappa shape index (κ3) is 3.50. The van der Waals surface area contributed by atoms with Crippen molar-refractivity contribution in [2.75, 3.05) is 0 Å². The van der Waals surface area contributed by atoms with Crippen molar-refractivity contribution in [3.63, 3.8) is 0 Å². The number of hydrazone groups is 1. The maximum Gasteiger partial charge on any atom is 0.307 e. The number of amides is 1. The molecule has 0 aliphatic carbocycles. The smallest absolute Gasteiger partial charge is 0.307 e. The van der Waals surface area contributed by atoms with Crippen LogP contribution in [0.4, 0.5) is 5.69 Å². The second-order valence-electron chi connectivity index (χ2n) is 4.23. The number of nitro groups is 1. The minimum absolute atomic E-state index is 0.0806. The second kappa shape index (κ2) is 6.39. The lowest BCUT2D eigenvalue weighted by atomic mass is 10.2. The van der Waals surface area contributed by atoms with E-state index in [1.54, 1.807) is 13.0 Å². The number of phenolic OH excluding ortho intramolecular Hbond substituents is 1. The van der Waals surface area contributed by atoms with Crippen LogP contribution >= 0.6 is 15.9 Å². The van der Waals surface area contributed by atoms with Crippen molar-refractivity contribution in [1.82, 2.24) is 5.43 Å². The van der Waals surface area contributed by atoms with Crippen molar-refractivity contribution in [2.45, 2.75) is 6.92 Å². The van der Waals surface area contributed by atoms with Crippen LogP contribution in [0.25, 0.3) is 0 Å². The number of nitro benzene ring substituents is 1. The molecule has 9 heteroatoms. The number of hydrogen-bond acceptors (Lipinski definition) is 6. The number of aryl methyl sites for hydroxylation is 1. The Labute approximate surface area is 132 Å². The van der Waals surface area contributed by atoms with Gasteiger partial charge in [0.1, 0.15) is 11.5 Å². The molecule has 2 rings (SSSR count). The third-order valence-corrected chi connectivity index (χ3v) is 3.23. The molecule has 1 aromatic carbocycles. The predicted octanol–water partition coefficient (Wildman–Crippen LogP) is 2.73. The average Bonchev–Trinajstić information content (AvgIpc) is 2.89. The lowest BCUT2D eigenvalue weighted by Crippen LogP contribution is -2.16. The first-order valence-electron chi connectivity index (χ1n) is 5.95. The summed E-state index contributed by atoms with van der Waals surface area (Å²) in [7, 11) is 0. The highest BCUT2D eigenvalue weighted by atomic mass is 79.9. The monoisotopic (exact) mass is 367 g/mol. The minimum Gasteiger partial charge on any atom is -0.506 e. The topological polar surface area (TPSA) is 118 Å². The number of furan rings is 1. The standard InChI is InChI=1S/C13H10BrN3O5/c1-7-2-3-11(22-7)13(19)16-15-6-8-4-9(17(20)21)5-10(14)12(8)18/h2-6,18H,1H3,(H,16,19)/b15-6-. The first kappa shape index (κ1) is 15.7. The molecule has 114 valence electrons. The van der Waals surface area contributed by atoms with Gasteiger partial charge in [-0.1, -0.05) is 0 Å². The van der Waals surface area contributed by atoms with Crippen LogP contribution in [-0.4, -0.2) is 22.2 Å². The van der Waals surface area contributed by atoms with Gasteiger partial charge in [-0.25, -0.2) is 5.43 Å². The molecule has 0 aliphatic rings. The van der Waals surface area contributed by atoms with Crippen molar-refractivity contribution in [2.24, 2.45) is 5.10 Å². The summed E-state index contributed by atoms with van der Waals surface area (Å²) < 4.78 is 5.26. The molecule has 1 heterocycles. The molecule has 0 spiro atoms. The largest absolute Gasteiger partial charge is 0.506 e. The Morgan fingerprint density at radius 2 is 2.23 bits per heavy atom. The molecule has 1 amide bonds. The maximum atomic E-state index is 11.7. The van der Waals surface area contributed by atoms with Crippen molar-refractivity contribution >= 4 is 33.7 Å². The van der Waals surface area contributed by atoms with Crippen molar-refractivity contribution in [3.8, 4) is 5.75 Å². The number of nitrogens with one attached hydrogen (secondary N) is 1. The number of carbonyl (C=O) groups excluding carboxylic acids is 1. The SMILES string of the molecule is Cc1ccc(C(=O)N/N=C\c2cc([N+](=O)[O-])cc(Br)c2O)o1. The number of non-ortho nitro benzene ring substituents is 1. The summed E-state index contributed by atoms with van der Waals surface area (Å²) in [5, 5.41) is 24.2. The van der Waals surface area contributed by atoms with Gasteiger partial charge < -0.3 is 9.52 Å². The zero-order chi connectivity index (χ0) is 16.3. The Bertz CT molecular complexity index is 769. The Morgan fingerprint density at radius 1 is 1.50 bits per heavy atom. The van der Waals surface area contributed by atoms with Gasteiger partial charge in [-0.15, -0.1) is 0 Å². The van der Waals surface area contributed by atoms with Crippen LogP contribution in [-0.2, 0) is 0 Å². The molecule has 22 heavy (non-hydrogen) atoms. The quantitative estimate of drug-likeness (QED) is 0.489. The molecule has 0 aliphatic heterocycles. The van der Waals surface area contributed by atoms with Gasteiger partial charge in [0, 0.05) is 17.7 Å². The zero-order valence-corrected chi connectivity index (χ0v) is 12.8. The molecule has 0 atom stereocenters. The van der Waals surface area contributed by atoms with Crippen molar-refractivity contribution in [1.29, 1.82) is 0 Å². The van der Waals surface area contributed by atoms with Gasteiger partial charge in [0.2, 0.25) is 0 Å². The van der Waals surface area contributed by atoms with E-state index in [0.29, 0.717) is 5.76 Å². The van der Waals surface area contributed by atoms with Gasteiger partial charge in [-0.2, -0.15) is 5.10 Å². The third-order valence-electron chi connectivity index (χ3n) is 2.62. The van der Waals surface area contributed by atoms with Gasteiger partial charge >= 0.3 is 5.91 Å². The number of aromatic hydroxyl groups is 1. The molecule has 8 nitrogen and oxygen atoms in total. The number of benzene rings is 1. The minimum atomic E-state index is -0.605. The average molecular weight is 368 g/mol. The maximum absolute atomic E-state index is 11.7. The van der Waals surface area contributed by atoms with Crippen LogP contribution in [0.3, 0.4) is 0 Å². The molecule has 0 saturated heterocycles. The first-order valence-corrected chi connectivity index (χ1v) is 6.74. The molecule has 2 aromatic rings. The number of halogens is 1. The van der Waals surface area contributed by atoms with E-state index in [4.69, 9.17) is 4.42 Å². The highest BCUT2D eigenvalue weighted by molar-refractivity contribution is 9.10. The van der Waals surface area contributed by atoms with Crippen LogP contribution in [0.2, 0.25) is 0 Å². The van der Waals surface area contributed by atoms with E-state index in [-0.39, 0.29) is 27.2 Å². The van der Waals surface area contributed by atoms with Crippen molar-refractivity contribution < 1.29 is 19.2 Å². The van der Waals surface area contributed by atoms with Gasteiger partial charge in [-0.3, -0.25) is 14.9 Å². The number of rotatable bonds is 4. The van der Waals surface area contributed by atoms with E-state index in [2.05, 4.69) is 26.5 Å². The van der Waals surface area contributed by atoms with E-state index >= 15 is 0 Å². The molecule has 0 unspecified atom stereocenters. The van der Waals surface area contributed by atoms with Crippen LogP contribution in [0, 0.1) is 17.0 Å². The van der Waals surface area contributed by atoms with E-state index in [0.717, 1.165) is 18.3 Å². The number of hydrogen-bond donors (Lipinski definition) is 2. The molecule has 2 N–H and O–H groups in total. The summed E-state index contributed by atoms with van der Waals surface area (Å²) in [5.74, 6) is -0.140. The van der Waals surface area contributed by atoms with Gasteiger partial charge in [-0.05, 0) is 35.0 Å². The Kier molecular flexibility index (Phi) is 4.56. The van der Waals surface area contributed by atoms with Crippen molar-refractivity contribution in [3.05, 3.63) is 55.9 Å². The van der Waals surface area contributed by atoms with Crippen LogP contribution in [0.1, 0.15) is 21.9 Å². The molecule has 1 aromatic heterocycles. The highest BCUT2D eigenvalue weighted by Gasteiger charge is 2.14. The van der Waals surface area contributed by atoms with Gasteiger partial charge in [0.05, 0.1) is 15.6 Å². The Balaban J connectivity index is 2.16. The normalized spacial score (nSPS) is 10.8. The Morgan fingerprint density at radius 3 is 2.82 bits per heavy atom. The van der Waals surface area contributed by atoms with Crippen LogP contribution in [0.15, 0.2) is 38.3 Å². The summed E-state index contributed by atoms with van der Waals surface area (Å²) in [6, 6.07) is 5.41. The van der Waals surface area contributed by atoms with E-state index < -0.39 is 10.8 Å². The first-order chi connectivity index (χ1) is 10.4. The Hall–Kier alpha value is -2.68. The fourth-order valence-corrected chi connectivity index (χ4v) is 2.04. The van der Waals surface area contributed by atoms with E-state index in [9.17, 15) is 20.0 Å². The fourth-order valence-electron chi connectivity index (χ4n) is 1.58. The molecule has 0 bridgehead atoms. The summed E-state index contributed by atoms with van der Waals surface area (Å²) in [6.45, 7) is 1.69. The van der Waals surface area contributed by atoms with Gasteiger partial charge in [0.25, 0.3) is 5.69 Å². The predicted molar refractivity (Wildman–Crippen MR) is 81.0 cm³/mol. The summed E-state index contributed by atoms with van der Waals surface area (Å²) in [6.07, 6.45) is 1.10. The lowest BCUT2D eigenvalue weighted by molar-refractivity contribution is -0.385. The summed E-state index contributed by atoms with van der Waals surface area (Å²) >= 11 is 3.01. The number of nitrogens with zero attached hydrogens (tertiary/aromatic N) is 2. The summed E-state index contributed by atoms with van der Waals surface area (Å²) in [5.41, 5.74) is 2.05. The number of phenols is 1. The molecule has 0 fully saturated rings. The molecule has 0 radical (unpaired) electrons. The van der Waals surface area contributed by atoms with Crippen LogP contribution < -0.4 is 5.43 Å². The zero-order valence-electron chi connectivity index (χ0n) is 11.2. The molecule has 0 saturated carbocycles. The molecular weight excluding hydrogens is 358 g/mol. The lowest BCUT2D eigenvalue weighted by Gasteiger charge is -2.02. The second-order valence-corrected chi connectivity index (χ2v) is 5.09. The molecular formula is C13H10BrN3O5. The highest BCUT2D eigenvalue weighted by Crippen LogP contribution is 2.31.